The van der Waals surface area contributed by atoms with Crippen molar-refractivity contribution in [1.82, 2.24) is 0 Å². The summed E-state index contributed by atoms with van der Waals surface area (Å²) < 4.78 is 11.5. The molecule has 0 atom stereocenters. The minimum absolute atomic E-state index is 0.127. The summed E-state index contributed by atoms with van der Waals surface area (Å²) in [6.45, 7) is 1.71. The van der Waals surface area contributed by atoms with Gasteiger partial charge in [-0.25, -0.2) is 0 Å². The molecule has 1 spiro atoms. The summed E-state index contributed by atoms with van der Waals surface area (Å²) in [6.07, 6.45) is 3.13. The number of aromatic hydroxyl groups is 1. The van der Waals surface area contributed by atoms with E-state index >= 15 is 0 Å². The lowest BCUT2D eigenvalue weighted by Gasteiger charge is -2.32. The third-order valence-corrected chi connectivity index (χ3v) is 4.19. The van der Waals surface area contributed by atoms with Crippen LogP contribution in [0.5, 0.6) is 5.75 Å². The molecule has 2 aliphatic heterocycles. The molecule has 2 fully saturated rings. The first kappa shape index (κ1) is 12.2. The molecule has 1 amide bonds. The lowest BCUT2D eigenvalue weighted by molar-refractivity contribution is -0.256. The molecule has 1 aromatic rings. The third kappa shape index (κ3) is 1.66. The van der Waals surface area contributed by atoms with Crippen LogP contribution in [0, 0.1) is 5.92 Å². The quantitative estimate of drug-likeness (QED) is 0.893. The SMILES string of the molecule is O=C1N(CC2CC2)c2ccc(O)cc2C12OCCCO2. The Morgan fingerprint density at radius 3 is 2.75 bits per heavy atom. The number of benzene rings is 1. The van der Waals surface area contributed by atoms with E-state index in [1.807, 2.05) is 0 Å². The molecule has 20 heavy (non-hydrogen) atoms. The highest BCUT2D eigenvalue weighted by atomic mass is 16.7. The van der Waals surface area contributed by atoms with Crippen molar-refractivity contribution in [2.24, 2.45) is 5.92 Å². The monoisotopic (exact) mass is 275 g/mol. The summed E-state index contributed by atoms with van der Waals surface area (Å²) in [6, 6.07) is 4.97. The smallest absolute Gasteiger partial charge is 0.292 e. The van der Waals surface area contributed by atoms with E-state index in [1.54, 1.807) is 23.1 Å². The minimum atomic E-state index is -1.33. The van der Waals surface area contributed by atoms with Crippen molar-refractivity contribution >= 4 is 11.6 Å². The zero-order chi connectivity index (χ0) is 13.7. The Bertz CT molecular complexity index is 561. The maximum absolute atomic E-state index is 12.8. The molecule has 0 radical (unpaired) electrons. The van der Waals surface area contributed by atoms with Gasteiger partial charge in [0.05, 0.1) is 18.9 Å². The van der Waals surface area contributed by atoms with Gasteiger partial charge in [-0.05, 0) is 43.4 Å². The Morgan fingerprint density at radius 1 is 1.30 bits per heavy atom. The van der Waals surface area contributed by atoms with Gasteiger partial charge in [-0.2, -0.15) is 0 Å². The number of fused-ring (bicyclic) bond motifs is 2. The van der Waals surface area contributed by atoms with Gasteiger partial charge in [0.1, 0.15) is 5.75 Å². The van der Waals surface area contributed by atoms with E-state index in [2.05, 4.69) is 0 Å². The van der Waals surface area contributed by atoms with E-state index in [0.717, 1.165) is 12.1 Å². The first-order valence-corrected chi connectivity index (χ1v) is 7.14. The fraction of sp³-hybridized carbons (Fsp3) is 0.533. The second kappa shape index (κ2) is 4.20. The minimum Gasteiger partial charge on any atom is -0.508 e. The third-order valence-electron chi connectivity index (χ3n) is 4.19. The van der Waals surface area contributed by atoms with Crippen molar-refractivity contribution in [3.8, 4) is 5.75 Å². The highest BCUT2D eigenvalue weighted by Crippen LogP contribution is 2.47. The number of phenols is 1. The van der Waals surface area contributed by atoms with Crippen molar-refractivity contribution in [1.29, 1.82) is 0 Å². The molecule has 2 heterocycles. The van der Waals surface area contributed by atoms with Crippen molar-refractivity contribution in [3.05, 3.63) is 23.8 Å². The average Bonchev–Trinajstić information content (AvgIpc) is 3.26. The van der Waals surface area contributed by atoms with E-state index in [0.29, 0.717) is 31.2 Å². The number of hydrogen-bond donors (Lipinski definition) is 1. The van der Waals surface area contributed by atoms with Crippen molar-refractivity contribution in [3.63, 3.8) is 0 Å². The molecular formula is C15H17NO4. The Balaban J connectivity index is 1.80. The Labute approximate surface area is 117 Å². The maximum atomic E-state index is 12.8. The second-order valence-corrected chi connectivity index (χ2v) is 5.73. The van der Waals surface area contributed by atoms with Crippen molar-refractivity contribution in [2.45, 2.75) is 25.0 Å². The van der Waals surface area contributed by atoms with E-state index in [9.17, 15) is 9.90 Å². The molecule has 1 N–H and O–H groups in total. The predicted octanol–water partition coefficient (Wildman–Crippen LogP) is 1.74. The number of rotatable bonds is 2. The number of carbonyl (C=O) groups excluding carboxylic acids is 1. The first-order valence-electron chi connectivity index (χ1n) is 7.14. The van der Waals surface area contributed by atoms with Crippen LogP contribution in [-0.2, 0) is 20.1 Å². The summed E-state index contributed by atoms with van der Waals surface area (Å²) in [5.41, 5.74) is 1.45. The van der Waals surface area contributed by atoms with E-state index in [4.69, 9.17) is 9.47 Å². The molecule has 106 valence electrons. The zero-order valence-corrected chi connectivity index (χ0v) is 11.2. The molecule has 1 aliphatic carbocycles. The van der Waals surface area contributed by atoms with Crippen LogP contribution in [0.4, 0.5) is 5.69 Å². The zero-order valence-electron chi connectivity index (χ0n) is 11.2. The van der Waals surface area contributed by atoms with Gasteiger partial charge in [-0.1, -0.05) is 0 Å². The fourth-order valence-corrected chi connectivity index (χ4v) is 2.98. The Morgan fingerprint density at radius 2 is 2.05 bits per heavy atom. The number of phenolic OH excluding ortho intramolecular Hbond substituents is 1. The molecule has 1 saturated heterocycles. The molecule has 5 heteroatoms. The summed E-state index contributed by atoms with van der Waals surface area (Å²) in [5, 5.41) is 9.74. The highest BCUT2D eigenvalue weighted by Gasteiger charge is 2.55. The topological polar surface area (TPSA) is 59.0 Å². The van der Waals surface area contributed by atoms with Crippen LogP contribution in [-0.4, -0.2) is 30.8 Å². The van der Waals surface area contributed by atoms with Crippen LogP contribution < -0.4 is 4.90 Å². The summed E-state index contributed by atoms with van der Waals surface area (Å²) in [5.74, 6) is -0.771. The molecule has 1 aromatic carbocycles. The van der Waals surface area contributed by atoms with Gasteiger partial charge in [-0.15, -0.1) is 0 Å². The maximum Gasteiger partial charge on any atom is 0.292 e. The lowest BCUT2D eigenvalue weighted by Crippen LogP contribution is -2.47. The van der Waals surface area contributed by atoms with Crippen LogP contribution >= 0.6 is 0 Å². The summed E-state index contributed by atoms with van der Waals surface area (Å²) in [4.78, 5) is 14.6. The van der Waals surface area contributed by atoms with Crippen LogP contribution in [0.3, 0.4) is 0 Å². The second-order valence-electron chi connectivity index (χ2n) is 5.73. The molecular weight excluding hydrogens is 258 g/mol. The van der Waals surface area contributed by atoms with Crippen LogP contribution in [0.25, 0.3) is 0 Å². The van der Waals surface area contributed by atoms with Crippen molar-refractivity contribution in [2.75, 3.05) is 24.7 Å². The van der Waals surface area contributed by atoms with E-state index < -0.39 is 5.79 Å². The fourth-order valence-electron chi connectivity index (χ4n) is 2.98. The number of carbonyl (C=O) groups is 1. The Kier molecular flexibility index (Phi) is 2.56. The molecule has 0 unspecified atom stereocenters. The van der Waals surface area contributed by atoms with Crippen molar-refractivity contribution < 1.29 is 19.4 Å². The molecule has 3 aliphatic rings. The van der Waals surface area contributed by atoms with Gasteiger partial charge in [0, 0.05) is 12.1 Å². The van der Waals surface area contributed by atoms with Gasteiger partial charge >= 0.3 is 0 Å². The molecule has 1 saturated carbocycles. The number of ether oxygens (including phenoxy) is 2. The lowest BCUT2D eigenvalue weighted by atomic mass is 10.1. The number of hydrogen-bond acceptors (Lipinski definition) is 4. The normalized spacial score (nSPS) is 24.2. The van der Waals surface area contributed by atoms with E-state index in [-0.39, 0.29) is 11.7 Å². The summed E-state index contributed by atoms with van der Waals surface area (Å²) >= 11 is 0. The average molecular weight is 275 g/mol. The van der Waals surface area contributed by atoms with Gasteiger partial charge < -0.3 is 19.5 Å². The molecule has 0 aromatic heterocycles. The molecule has 0 bridgehead atoms. The number of anilines is 1. The molecule has 4 rings (SSSR count). The predicted molar refractivity (Wildman–Crippen MR) is 71.4 cm³/mol. The number of amides is 1. The van der Waals surface area contributed by atoms with Crippen LogP contribution in [0.2, 0.25) is 0 Å². The largest absolute Gasteiger partial charge is 0.508 e. The number of nitrogens with zero attached hydrogens (tertiary/aromatic N) is 1. The van der Waals surface area contributed by atoms with E-state index in [1.165, 1.54) is 12.8 Å². The highest BCUT2D eigenvalue weighted by molar-refractivity contribution is 6.06. The van der Waals surface area contributed by atoms with Crippen LogP contribution in [0.1, 0.15) is 24.8 Å². The summed E-state index contributed by atoms with van der Waals surface area (Å²) in [7, 11) is 0. The van der Waals surface area contributed by atoms with Gasteiger partial charge in [0.15, 0.2) is 0 Å². The standard InChI is InChI=1S/C15H17NO4/c17-11-4-5-13-12(8-11)15(19-6-1-7-20-15)14(18)16(13)9-10-2-3-10/h4-5,8,10,17H,1-3,6-7,9H2. The molecule has 5 nitrogen and oxygen atoms in total. The van der Waals surface area contributed by atoms with Gasteiger partial charge in [0.2, 0.25) is 0 Å². The van der Waals surface area contributed by atoms with Crippen LogP contribution in [0.15, 0.2) is 18.2 Å². The van der Waals surface area contributed by atoms with Gasteiger partial charge in [-0.3, -0.25) is 4.79 Å². The first-order chi connectivity index (χ1) is 9.71. The Hall–Kier alpha value is -1.59. The van der Waals surface area contributed by atoms with Gasteiger partial charge in [0.25, 0.3) is 11.7 Å².